The summed E-state index contributed by atoms with van der Waals surface area (Å²) in [4.78, 5) is 0. The van der Waals surface area contributed by atoms with Crippen LogP contribution in [0, 0.1) is 36.5 Å². The Kier molecular flexibility index (Phi) is 3.56. The van der Waals surface area contributed by atoms with Crippen molar-refractivity contribution in [3.8, 4) is 36.5 Å². The molecule has 0 aliphatic heterocycles. The zero-order chi connectivity index (χ0) is 19.1. The third-order valence-corrected chi connectivity index (χ3v) is 5.14. The van der Waals surface area contributed by atoms with Crippen molar-refractivity contribution < 1.29 is 0 Å². The van der Waals surface area contributed by atoms with Crippen LogP contribution in [0.1, 0.15) is 22.3 Å². The van der Waals surface area contributed by atoms with Crippen molar-refractivity contribution in [3.05, 3.63) is 95.1 Å². The number of hydrogen-bond donors (Lipinski definition) is 0. The highest BCUT2D eigenvalue weighted by Crippen LogP contribution is 2.35. The molecule has 0 atom stereocenters. The molecule has 28 heavy (non-hydrogen) atoms. The van der Waals surface area contributed by atoms with Gasteiger partial charge in [-0.15, -0.1) is 12.8 Å². The minimum absolute atomic E-state index is 0.745. The molecule has 0 aliphatic carbocycles. The lowest BCUT2D eigenvalue weighted by Crippen LogP contribution is -1.87. The number of hydrogen-bond acceptors (Lipinski definition) is 0. The van der Waals surface area contributed by atoms with Crippen LogP contribution in [0.2, 0.25) is 0 Å². The summed E-state index contributed by atoms with van der Waals surface area (Å²) in [6.07, 6.45) is 11.1. The average molecular weight is 350 g/mol. The molecule has 5 rings (SSSR count). The molecule has 0 nitrogen and oxygen atoms in total. The lowest BCUT2D eigenvalue weighted by atomic mass is 9.92. The second-order valence-electron chi connectivity index (χ2n) is 6.81. The summed E-state index contributed by atoms with van der Waals surface area (Å²) in [6, 6.07) is 24.9. The molecule has 0 heteroatoms. The van der Waals surface area contributed by atoms with E-state index in [1.165, 1.54) is 32.3 Å². The van der Waals surface area contributed by atoms with Gasteiger partial charge in [0, 0.05) is 22.3 Å². The SMILES string of the molecule is C#Cc1cc(C#C)cc(C#Cc2ccc3ccc4cccc5ccc2c3c45)c1. The Balaban J connectivity index is 1.75. The van der Waals surface area contributed by atoms with Crippen LogP contribution in [0.3, 0.4) is 0 Å². The molecule has 0 aliphatic rings. The highest BCUT2D eigenvalue weighted by Gasteiger charge is 2.09. The Morgan fingerprint density at radius 3 is 1.79 bits per heavy atom. The van der Waals surface area contributed by atoms with E-state index in [4.69, 9.17) is 12.8 Å². The summed E-state index contributed by atoms with van der Waals surface area (Å²) in [7, 11) is 0. The fourth-order valence-corrected chi connectivity index (χ4v) is 3.85. The molecule has 0 N–H and O–H groups in total. The molecule has 0 aromatic heterocycles. The fraction of sp³-hybridized carbons (Fsp3) is 0. The van der Waals surface area contributed by atoms with Crippen molar-refractivity contribution in [1.29, 1.82) is 0 Å². The largest absolute Gasteiger partial charge is 0.115 e. The molecule has 0 bridgehead atoms. The first-order chi connectivity index (χ1) is 13.8. The van der Waals surface area contributed by atoms with Crippen LogP contribution < -0.4 is 0 Å². The summed E-state index contributed by atoms with van der Waals surface area (Å²) < 4.78 is 0. The van der Waals surface area contributed by atoms with Crippen molar-refractivity contribution >= 4 is 32.3 Å². The van der Waals surface area contributed by atoms with Crippen molar-refractivity contribution in [2.24, 2.45) is 0 Å². The van der Waals surface area contributed by atoms with Crippen molar-refractivity contribution in [1.82, 2.24) is 0 Å². The predicted molar refractivity (Wildman–Crippen MR) is 118 cm³/mol. The summed E-state index contributed by atoms with van der Waals surface area (Å²) in [5.41, 5.74) is 3.32. The Hall–Kier alpha value is -4.18. The predicted octanol–water partition coefficient (Wildman–Crippen LogP) is 5.95. The third kappa shape index (κ3) is 2.47. The van der Waals surface area contributed by atoms with Gasteiger partial charge in [-0.3, -0.25) is 0 Å². The number of terminal acetylenes is 2. The first-order valence-corrected chi connectivity index (χ1v) is 9.04. The molecule has 0 spiro atoms. The number of rotatable bonds is 0. The molecule has 0 unspecified atom stereocenters. The van der Waals surface area contributed by atoms with Gasteiger partial charge < -0.3 is 0 Å². The van der Waals surface area contributed by atoms with E-state index in [1.807, 2.05) is 18.2 Å². The highest BCUT2D eigenvalue weighted by molar-refractivity contribution is 6.23. The van der Waals surface area contributed by atoms with E-state index in [0.29, 0.717) is 0 Å². The van der Waals surface area contributed by atoms with E-state index in [-0.39, 0.29) is 0 Å². The maximum absolute atomic E-state index is 5.54. The van der Waals surface area contributed by atoms with Gasteiger partial charge in [-0.05, 0) is 56.6 Å². The van der Waals surface area contributed by atoms with Gasteiger partial charge in [0.25, 0.3) is 0 Å². The zero-order valence-electron chi connectivity index (χ0n) is 15.1. The quantitative estimate of drug-likeness (QED) is 0.239. The standard InChI is InChI=1S/C28H14/c1-3-19-16-20(4-2)18-21(17-19)8-9-22-10-11-25-13-12-23-6-5-7-24-14-15-26(22)28(25)27(23)24/h1-2,5-7,10-18H. The van der Waals surface area contributed by atoms with Crippen LogP contribution in [0.5, 0.6) is 0 Å². The second-order valence-corrected chi connectivity index (χ2v) is 6.81. The van der Waals surface area contributed by atoms with Gasteiger partial charge in [0.2, 0.25) is 0 Å². The molecule has 0 fully saturated rings. The summed E-state index contributed by atoms with van der Waals surface area (Å²) in [5, 5.41) is 7.46. The highest BCUT2D eigenvalue weighted by atomic mass is 14.1. The van der Waals surface area contributed by atoms with Crippen LogP contribution in [0.4, 0.5) is 0 Å². The minimum Gasteiger partial charge on any atom is -0.115 e. The Morgan fingerprint density at radius 1 is 0.536 bits per heavy atom. The van der Waals surface area contributed by atoms with Crippen LogP contribution in [-0.2, 0) is 0 Å². The Labute approximate surface area is 164 Å². The lowest BCUT2D eigenvalue weighted by Gasteiger charge is -2.11. The Morgan fingerprint density at radius 2 is 1.11 bits per heavy atom. The first-order valence-electron chi connectivity index (χ1n) is 9.04. The van der Waals surface area contributed by atoms with Gasteiger partial charge in [0.15, 0.2) is 0 Å². The Bertz CT molecular complexity index is 1470. The first kappa shape index (κ1) is 16.0. The molecule has 0 saturated heterocycles. The summed E-state index contributed by atoms with van der Waals surface area (Å²) >= 11 is 0. The van der Waals surface area contributed by atoms with Crippen LogP contribution in [0.15, 0.2) is 72.8 Å². The fourth-order valence-electron chi connectivity index (χ4n) is 3.85. The van der Waals surface area contributed by atoms with Gasteiger partial charge in [-0.25, -0.2) is 0 Å². The minimum atomic E-state index is 0.745. The molecule has 5 aromatic carbocycles. The van der Waals surface area contributed by atoms with Crippen LogP contribution in [-0.4, -0.2) is 0 Å². The molecule has 126 valence electrons. The zero-order valence-corrected chi connectivity index (χ0v) is 15.1. The maximum Gasteiger partial charge on any atom is 0.0328 e. The maximum atomic E-state index is 5.54. The van der Waals surface area contributed by atoms with E-state index in [1.54, 1.807) is 0 Å². The van der Waals surface area contributed by atoms with Gasteiger partial charge in [-0.1, -0.05) is 72.2 Å². The van der Waals surface area contributed by atoms with Crippen molar-refractivity contribution in [2.75, 3.05) is 0 Å². The summed E-state index contributed by atoms with van der Waals surface area (Å²) in [6.45, 7) is 0. The van der Waals surface area contributed by atoms with Gasteiger partial charge in [-0.2, -0.15) is 0 Å². The van der Waals surface area contributed by atoms with E-state index >= 15 is 0 Å². The van der Waals surface area contributed by atoms with Crippen LogP contribution in [0.25, 0.3) is 32.3 Å². The van der Waals surface area contributed by atoms with Crippen LogP contribution >= 0.6 is 0 Å². The van der Waals surface area contributed by atoms with E-state index in [0.717, 1.165) is 22.3 Å². The van der Waals surface area contributed by atoms with Gasteiger partial charge in [0.1, 0.15) is 0 Å². The molecule has 5 aromatic rings. The molecule has 0 radical (unpaired) electrons. The van der Waals surface area contributed by atoms with E-state index in [9.17, 15) is 0 Å². The van der Waals surface area contributed by atoms with Crippen molar-refractivity contribution in [3.63, 3.8) is 0 Å². The molecule has 0 heterocycles. The topological polar surface area (TPSA) is 0 Å². The summed E-state index contributed by atoms with van der Waals surface area (Å²) in [5.74, 6) is 11.9. The van der Waals surface area contributed by atoms with Crippen molar-refractivity contribution in [2.45, 2.75) is 0 Å². The third-order valence-electron chi connectivity index (χ3n) is 5.14. The smallest absolute Gasteiger partial charge is 0.0328 e. The van der Waals surface area contributed by atoms with E-state index < -0.39 is 0 Å². The van der Waals surface area contributed by atoms with E-state index in [2.05, 4.69) is 78.3 Å². The molecule has 0 saturated carbocycles. The molecular weight excluding hydrogens is 336 g/mol. The average Bonchev–Trinajstić information content (AvgIpc) is 2.76. The molecule has 0 amide bonds. The van der Waals surface area contributed by atoms with Gasteiger partial charge >= 0.3 is 0 Å². The monoisotopic (exact) mass is 350 g/mol. The second kappa shape index (κ2) is 6.21. The lowest BCUT2D eigenvalue weighted by molar-refractivity contribution is 1.56. The molecular formula is C28H14. The normalized spacial score (nSPS) is 10.5. The van der Waals surface area contributed by atoms with Gasteiger partial charge in [0.05, 0.1) is 0 Å². The number of benzene rings is 5.